The van der Waals surface area contributed by atoms with Crippen LogP contribution < -0.4 is 4.90 Å². The molecule has 0 saturated carbocycles. The molecule has 1 aromatic carbocycles. The molecule has 3 rings (SSSR count). The van der Waals surface area contributed by atoms with E-state index in [1.54, 1.807) is 0 Å². The Morgan fingerprint density at radius 2 is 2.15 bits per heavy atom. The highest BCUT2D eigenvalue weighted by Crippen LogP contribution is 2.34. The highest BCUT2D eigenvalue weighted by atomic mass is 79.9. The summed E-state index contributed by atoms with van der Waals surface area (Å²) in [5, 5.41) is 9.39. The van der Waals surface area contributed by atoms with Crippen LogP contribution in [-0.2, 0) is 0 Å². The first-order valence-corrected chi connectivity index (χ1v) is 8.14. The fourth-order valence-electron chi connectivity index (χ4n) is 3.76. The minimum absolute atomic E-state index is 0.734. The molecule has 106 valence electrons. The van der Waals surface area contributed by atoms with Gasteiger partial charge in [0.05, 0.1) is 11.3 Å². The van der Waals surface area contributed by atoms with Crippen LogP contribution in [0.1, 0.15) is 24.8 Å². The molecule has 2 unspecified atom stereocenters. The van der Waals surface area contributed by atoms with Crippen molar-refractivity contribution in [2.75, 3.05) is 31.6 Å². The van der Waals surface area contributed by atoms with Crippen LogP contribution in [0.2, 0.25) is 0 Å². The van der Waals surface area contributed by atoms with Gasteiger partial charge in [-0.05, 0) is 66.8 Å². The first-order chi connectivity index (χ1) is 9.70. The third-order valence-electron chi connectivity index (χ3n) is 4.79. The molecule has 4 heteroatoms. The van der Waals surface area contributed by atoms with Crippen LogP contribution >= 0.6 is 15.9 Å². The van der Waals surface area contributed by atoms with Crippen molar-refractivity contribution in [3.05, 3.63) is 28.2 Å². The molecule has 2 aliphatic rings. The van der Waals surface area contributed by atoms with Gasteiger partial charge in [-0.25, -0.2) is 0 Å². The molecule has 2 saturated heterocycles. The SMILES string of the molecule is CN1CCCC2CN(c3cccc(Br)c3C#N)CCC21. The molecule has 20 heavy (non-hydrogen) atoms. The number of likely N-dealkylation sites (tertiary alicyclic amines) is 1. The third kappa shape index (κ3) is 2.45. The molecular formula is C16H20BrN3. The Labute approximate surface area is 129 Å². The van der Waals surface area contributed by atoms with E-state index in [9.17, 15) is 5.26 Å². The molecule has 0 aliphatic carbocycles. The van der Waals surface area contributed by atoms with Gasteiger partial charge in [0.1, 0.15) is 6.07 Å². The first kappa shape index (κ1) is 13.9. The molecule has 2 aliphatic heterocycles. The molecule has 1 aromatic rings. The lowest BCUT2D eigenvalue weighted by Gasteiger charge is -2.46. The number of hydrogen-bond acceptors (Lipinski definition) is 3. The van der Waals surface area contributed by atoms with Gasteiger partial charge in [-0.2, -0.15) is 5.26 Å². The van der Waals surface area contributed by atoms with Gasteiger partial charge >= 0.3 is 0 Å². The van der Waals surface area contributed by atoms with Gasteiger partial charge in [-0.3, -0.25) is 0 Å². The number of halogens is 1. The quantitative estimate of drug-likeness (QED) is 0.790. The monoisotopic (exact) mass is 333 g/mol. The maximum atomic E-state index is 9.39. The summed E-state index contributed by atoms with van der Waals surface area (Å²) < 4.78 is 0.903. The van der Waals surface area contributed by atoms with Crippen molar-refractivity contribution in [1.29, 1.82) is 5.26 Å². The van der Waals surface area contributed by atoms with Crippen molar-refractivity contribution >= 4 is 21.6 Å². The largest absolute Gasteiger partial charge is 0.370 e. The second kappa shape index (κ2) is 5.75. The number of nitrogens with zero attached hydrogens (tertiary/aromatic N) is 3. The van der Waals surface area contributed by atoms with E-state index in [0.717, 1.165) is 40.8 Å². The Morgan fingerprint density at radius 1 is 1.30 bits per heavy atom. The Bertz CT molecular complexity index is 537. The van der Waals surface area contributed by atoms with Crippen molar-refractivity contribution in [2.24, 2.45) is 5.92 Å². The fourth-order valence-corrected chi connectivity index (χ4v) is 4.20. The molecular weight excluding hydrogens is 314 g/mol. The average molecular weight is 334 g/mol. The minimum atomic E-state index is 0.734. The highest BCUT2D eigenvalue weighted by molar-refractivity contribution is 9.10. The number of piperidine rings is 2. The Balaban J connectivity index is 1.83. The van der Waals surface area contributed by atoms with Crippen LogP contribution in [0.4, 0.5) is 5.69 Å². The molecule has 2 atom stereocenters. The van der Waals surface area contributed by atoms with E-state index >= 15 is 0 Å². The zero-order chi connectivity index (χ0) is 14.1. The van der Waals surface area contributed by atoms with E-state index in [4.69, 9.17) is 0 Å². The summed E-state index contributed by atoms with van der Waals surface area (Å²) in [5.74, 6) is 0.744. The van der Waals surface area contributed by atoms with Crippen LogP contribution in [0.5, 0.6) is 0 Å². The zero-order valence-corrected chi connectivity index (χ0v) is 13.4. The van der Waals surface area contributed by atoms with Gasteiger partial charge in [0.15, 0.2) is 0 Å². The molecule has 0 bridgehead atoms. The maximum Gasteiger partial charge on any atom is 0.103 e. The lowest BCUT2D eigenvalue weighted by molar-refractivity contribution is 0.102. The second-order valence-corrected chi connectivity index (χ2v) is 6.79. The van der Waals surface area contributed by atoms with Crippen molar-refractivity contribution in [3.63, 3.8) is 0 Å². The lowest BCUT2D eigenvalue weighted by atomic mass is 9.84. The summed E-state index contributed by atoms with van der Waals surface area (Å²) in [7, 11) is 2.26. The standard InChI is InChI=1S/C16H20BrN3/c1-19-8-3-4-12-11-20(9-7-15(12)19)16-6-2-5-14(17)13(16)10-18/h2,5-6,12,15H,3-4,7-9,11H2,1H3. The summed E-state index contributed by atoms with van der Waals surface area (Å²) in [6, 6.07) is 9.13. The number of benzene rings is 1. The second-order valence-electron chi connectivity index (χ2n) is 5.93. The smallest absolute Gasteiger partial charge is 0.103 e. The third-order valence-corrected chi connectivity index (χ3v) is 5.45. The van der Waals surface area contributed by atoms with Gasteiger partial charge in [0, 0.05) is 23.6 Å². The number of anilines is 1. The zero-order valence-electron chi connectivity index (χ0n) is 11.8. The van der Waals surface area contributed by atoms with Crippen LogP contribution in [0.15, 0.2) is 22.7 Å². The van der Waals surface area contributed by atoms with E-state index < -0.39 is 0 Å². The summed E-state index contributed by atoms with van der Waals surface area (Å²) in [5.41, 5.74) is 1.86. The van der Waals surface area contributed by atoms with E-state index in [0.29, 0.717) is 0 Å². The molecule has 0 amide bonds. The summed E-state index contributed by atoms with van der Waals surface area (Å²) in [6.07, 6.45) is 3.83. The van der Waals surface area contributed by atoms with E-state index in [1.165, 1.54) is 25.8 Å². The normalized spacial score (nSPS) is 26.9. The average Bonchev–Trinajstić information content (AvgIpc) is 2.47. The van der Waals surface area contributed by atoms with E-state index in [1.807, 2.05) is 12.1 Å². The number of fused-ring (bicyclic) bond motifs is 1. The first-order valence-electron chi connectivity index (χ1n) is 7.34. The molecule has 0 spiro atoms. The molecule has 2 heterocycles. The molecule has 0 N–H and O–H groups in total. The fraction of sp³-hybridized carbons (Fsp3) is 0.562. The predicted octanol–water partition coefficient (Wildman–Crippen LogP) is 3.24. The summed E-state index contributed by atoms with van der Waals surface area (Å²) in [6.45, 7) is 3.37. The van der Waals surface area contributed by atoms with Gasteiger partial charge in [0.25, 0.3) is 0 Å². The van der Waals surface area contributed by atoms with Crippen LogP contribution in [-0.4, -0.2) is 37.6 Å². The summed E-state index contributed by atoms with van der Waals surface area (Å²) >= 11 is 3.49. The van der Waals surface area contributed by atoms with Crippen molar-refractivity contribution in [2.45, 2.75) is 25.3 Å². The van der Waals surface area contributed by atoms with Crippen LogP contribution in [0.25, 0.3) is 0 Å². The molecule has 2 fully saturated rings. The Morgan fingerprint density at radius 3 is 2.95 bits per heavy atom. The Kier molecular flexibility index (Phi) is 4.00. The van der Waals surface area contributed by atoms with Gasteiger partial charge in [0.2, 0.25) is 0 Å². The maximum absolute atomic E-state index is 9.39. The molecule has 0 aromatic heterocycles. The molecule has 0 radical (unpaired) electrons. The number of nitriles is 1. The van der Waals surface area contributed by atoms with Crippen molar-refractivity contribution in [1.82, 2.24) is 4.90 Å². The highest BCUT2D eigenvalue weighted by Gasteiger charge is 2.34. The lowest BCUT2D eigenvalue weighted by Crippen LogP contribution is -2.52. The topological polar surface area (TPSA) is 30.3 Å². The minimum Gasteiger partial charge on any atom is -0.370 e. The predicted molar refractivity (Wildman–Crippen MR) is 84.8 cm³/mol. The van der Waals surface area contributed by atoms with E-state index in [-0.39, 0.29) is 0 Å². The Hall–Kier alpha value is -1.05. The van der Waals surface area contributed by atoms with Crippen LogP contribution in [0, 0.1) is 17.2 Å². The van der Waals surface area contributed by atoms with Gasteiger partial charge in [-0.1, -0.05) is 6.07 Å². The van der Waals surface area contributed by atoms with Crippen LogP contribution in [0.3, 0.4) is 0 Å². The van der Waals surface area contributed by atoms with Gasteiger partial charge < -0.3 is 9.80 Å². The van der Waals surface area contributed by atoms with E-state index in [2.05, 4.69) is 44.9 Å². The summed E-state index contributed by atoms with van der Waals surface area (Å²) in [4.78, 5) is 4.93. The number of hydrogen-bond donors (Lipinski definition) is 0. The molecule has 3 nitrogen and oxygen atoms in total. The van der Waals surface area contributed by atoms with Crippen molar-refractivity contribution < 1.29 is 0 Å². The van der Waals surface area contributed by atoms with Crippen molar-refractivity contribution in [3.8, 4) is 6.07 Å². The number of rotatable bonds is 1. The van der Waals surface area contributed by atoms with Gasteiger partial charge in [-0.15, -0.1) is 0 Å².